The smallest absolute Gasteiger partial charge is 0.269 e. The maximum absolute atomic E-state index is 14.5. The summed E-state index contributed by atoms with van der Waals surface area (Å²) in [5, 5.41) is 9.68. The van der Waals surface area contributed by atoms with Crippen LogP contribution in [0.5, 0.6) is 5.75 Å². The minimum Gasteiger partial charge on any atom is -0.482 e. The Labute approximate surface area is 273 Å². The van der Waals surface area contributed by atoms with Crippen molar-refractivity contribution in [2.24, 2.45) is 5.92 Å². The number of para-hydroxylation sites is 3. The van der Waals surface area contributed by atoms with E-state index in [9.17, 15) is 19.5 Å². The van der Waals surface area contributed by atoms with Crippen LogP contribution in [0.4, 0.5) is 17.1 Å². The molecule has 3 heterocycles. The molecule has 1 N–H and O–H groups in total. The van der Waals surface area contributed by atoms with Crippen LogP contribution in [0.1, 0.15) is 36.5 Å². The molecule has 240 valence electrons. The van der Waals surface area contributed by atoms with Gasteiger partial charge in [0.1, 0.15) is 5.75 Å². The highest BCUT2D eigenvalue weighted by atomic mass is 16.5. The van der Waals surface area contributed by atoms with Crippen molar-refractivity contribution in [3.8, 4) is 5.75 Å². The number of hydrogen-bond acceptors (Lipinski definition) is 6. The minimum atomic E-state index is -1.21. The number of aliphatic hydroxyl groups excluding tert-OH is 1. The fourth-order valence-electron chi connectivity index (χ4n) is 7.21. The van der Waals surface area contributed by atoms with E-state index in [1.54, 1.807) is 14.7 Å². The number of nitrogens with zero attached hydrogens (tertiary/aromatic N) is 3. The van der Waals surface area contributed by atoms with E-state index in [1.807, 2.05) is 110 Å². The van der Waals surface area contributed by atoms with Crippen LogP contribution in [0.25, 0.3) is 0 Å². The first-order valence-corrected chi connectivity index (χ1v) is 16.0. The van der Waals surface area contributed by atoms with Gasteiger partial charge in [0.05, 0.1) is 37.1 Å². The summed E-state index contributed by atoms with van der Waals surface area (Å²) < 4.78 is 12.3. The van der Waals surface area contributed by atoms with Crippen molar-refractivity contribution in [2.75, 3.05) is 29.6 Å². The Balaban J connectivity index is 1.12. The van der Waals surface area contributed by atoms with Gasteiger partial charge in [-0.3, -0.25) is 19.3 Å². The molecule has 47 heavy (non-hydrogen) atoms. The number of carbonyl (C=O) groups is 3. The van der Waals surface area contributed by atoms with Gasteiger partial charge in [-0.1, -0.05) is 79.7 Å². The Bertz CT molecular complexity index is 1810. The van der Waals surface area contributed by atoms with Crippen molar-refractivity contribution in [3.05, 3.63) is 120 Å². The van der Waals surface area contributed by atoms with Crippen LogP contribution in [0.2, 0.25) is 0 Å². The SMILES string of the molecule is C[C@@H]1C[C@H](CC(=O)N(CCO)Cc2ccccc2)O[C@@]12C(=O)N(Cc1cccc(N3C(=O)COc4ccccc43)c1)c1ccccc12. The lowest BCUT2D eigenvalue weighted by Crippen LogP contribution is -2.44. The molecule has 0 unspecified atom stereocenters. The summed E-state index contributed by atoms with van der Waals surface area (Å²) in [6, 6.07) is 32.5. The molecule has 0 aromatic heterocycles. The Hall–Kier alpha value is -4.99. The Morgan fingerprint density at radius 3 is 2.45 bits per heavy atom. The van der Waals surface area contributed by atoms with Crippen LogP contribution in [0.3, 0.4) is 0 Å². The number of fused-ring (bicyclic) bond motifs is 3. The number of carbonyl (C=O) groups excluding carboxylic acids is 3. The lowest BCUT2D eigenvalue weighted by Gasteiger charge is -2.30. The van der Waals surface area contributed by atoms with Crippen LogP contribution < -0.4 is 14.5 Å². The molecule has 1 spiro atoms. The molecule has 4 aromatic rings. The van der Waals surface area contributed by atoms with Gasteiger partial charge in [0, 0.05) is 30.3 Å². The predicted molar refractivity (Wildman–Crippen MR) is 177 cm³/mol. The second kappa shape index (κ2) is 12.7. The van der Waals surface area contributed by atoms with Gasteiger partial charge in [-0.05, 0) is 47.9 Å². The molecule has 1 fully saturated rings. The van der Waals surface area contributed by atoms with E-state index in [1.165, 1.54) is 0 Å². The number of amides is 3. The average molecular weight is 632 g/mol. The summed E-state index contributed by atoms with van der Waals surface area (Å²) in [6.07, 6.45) is 0.208. The monoisotopic (exact) mass is 631 g/mol. The zero-order chi connectivity index (χ0) is 32.5. The first-order valence-electron chi connectivity index (χ1n) is 16.0. The lowest BCUT2D eigenvalue weighted by atomic mass is 9.83. The molecule has 0 saturated carbocycles. The van der Waals surface area contributed by atoms with E-state index in [2.05, 4.69) is 0 Å². The molecular formula is C38H37N3O6. The third-order valence-corrected chi connectivity index (χ3v) is 9.38. The normalized spacial score (nSPS) is 21.5. The van der Waals surface area contributed by atoms with E-state index >= 15 is 0 Å². The predicted octanol–water partition coefficient (Wildman–Crippen LogP) is 5.32. The van der Waals surface area contributed by atoms with Crippen LogP contribution >= 0.6 is 0 Å². The highest BCUT2D eigenvalue weighted by Gasteiger charge is 2.60. The van der Waals surface area contributed by atoms with Crippen molar-refractivity contribution < 1.29 is 29.0 Å². The molecule has 9 heteroatoms. The van der Waals surface area contributed by atoms with E-state index in [0.717, 1.165) is 22.4 Å². The van der Waals surface area contributed by atoms with Gasteiger partial charge >= 0.3 is 0 Å². The Morgan fingerprint density at radius 2 is 1.64 bits per heavy atom. The number of ether oxygens (including phenoxy) is 2. The average Bonchev–Trinajstić information content (AvgIpc) is 3.54. The number of anilines is 3. The summed E-state index contributed by atoms with van der Waals surface area (Å²) >= 11 is 0. The first kappa shape index (κ1) is 30.7. The molecule has 7 rings (SSSR count). The van der Waals surface area contributed by atoms with Gasteiger partial charge in [0.25, 0.3) is 11.8 Å². The number of rotatable bonds is 9. The van der Waals surface area contributed by atoms with Gasteiger partial charge in [-0.25, -0.2) is 0 Å². The zero-order valence-electron chi connectivity index (χ0n) is 26.2. The molecule has 3 amide bonds. The van der Waals surface area contributed by atoms with Crippen molar-refractivity contribution >= 4 is 34.8 Å². The molecule has 1 saturated heterocycles. The first-order chi connectivity index (χ1) is 22.9. The van der Waals surface area contributed by atoms with Crippen molar-refractivity contribution in [2.45, 2.75) is 44.6 Å². The van der Waals surface area contributed by atoms with Crippen molar-refractivity contribution in [3.63, 3.8) is 0 Å². The lowest BCUT2D eigenvalue weighted by molar-refractivity contribution is -0.150. The molecule has 0 bridgehead atoms. The molecular weight excluding hydrogens is 594 g/mol. The Kier molecular flexibility index (Phi) is 8.26. The third kappa shape index (κ3) is 5.55. The highest BCUT2D eigenvalue weighted by Crippen LogP contribution is 2.54. The summed E-state index contributed by atoms with van der Waals surface area (Å²) in [6.45, 7) is 2.72. The second-order valence-electron chi connectivity index (χ2n) is 12.4. The van der Waals surface area contributed by atoms with Gasteiger partial charge in [-0.15, -0.1) is 0 Å². The number of hydrogen-bond donors (Lipinski definition) is 1. The maximum Gasteiger partial charge on any atom is 0.269 e. The largest absolute Gasteiger partial charge is 0.482 e. The van der Waals surface area contributed by atoms with E-state index in [0.29, 0.717) is 30.1 Å². The van der Waals surface area contributed by atoms with Crippen LogP contribution in [-0.2, 0) is 37.8 Å². The van der Waals surface area contributed by atoms with Crippen LogP contribution in [0, 0.1) is 5.92 Å². The summed E-state index contributed by atoms with van der Waals surface area (Å²) in [4.78, 5) is 46.1. The standard InChI is InChI=1S/C38H37N3O6/c1-26-20-30(22-35(43)39(18-19-42)23-27-10-3-2-4-11-27)47-38(26)31-14-5-6-15-32(31)40(37(38)45)24-28-12-9-13-29(21-28)41-33-16-7-8-17-34(33)46-25-36(41)44/h2-17,21,26,30,42H,18-20,22-25H2,1H3/t26-,30-,38+/m1/s1. The van der Waals surface area contributed by atoms with Gasteiger partial charge < -0.3 is 24.4 Å². The van der Waals surface area contributed by atoms with Gasteiger partial charge in [-0.2, -0.15) is 0 Å². The van der Waals surface area contributed by atoms with E-state index < -0.39 is 11.7 Å². The molecule has 3 aliphatic heterocycles. The highest BCUT2D eigenvalue weighted by molar-refractivity contribution is 6.08. The van der Waals surface area contributed by atoms with E-state index in [-0.39, 0.29) is 56.4 Å². The molecule has 0 radical (unpaired) electrons. The molecule has 9 nitrogen and oxygen atoms in total. The zero-order valence-corrected chi connectivity index (χ0v) is 26.2. The minimum absolute atomic E-state index is 0.0509. The second-order valence-corrected chi connectivity index (χ2v) is 12.4. The van der Waals surface area contributed by atoms with Crippen molar-refractivity contribution in [1.82, 2.24) is 4.90 Å². The molecule has 3 atom stereocenters. The summed E-state index contributed by atoms with van der Waals surface area (Å²) in [5.41, 5.74) is 3.59. The van der Waals surface area contributed by atoms with Gasteiger partial charge in [0.15, 0.2) is 12.2 Å². The topological polar surface area (TPSA) is 99.6 Å². The summed E-state index contributed by atoms with van der Waals surface area (Å²) in [7, 11) is 0. The number of aliphatic hydroxyl groups is 1. The Morgan fingerprint density at radius 1 is 0.915 bits per heavy atom. The molecule has 4 aromatic carbocycles. The van der Waals surface area contributed by atoms with Gasteiger partial charge in [0.2, 0.25) is 5.91 Å². The van der Waals surface area contributed by atoms with E-state index in [4.69, 9.17) is 9.47 Å². The van der Waals surface area contributed by atoms with Crippen LogP contribution in [0.15, 0.2) is 103 Å². The third-order valence-electron chi connectivity index (χ3n) is 9.38. The summed E-state index contributed by atoms with van der Waals surface area (Å²) in [5.74, 6) is 0.0216. The van der Waals surface area contributed by atoms with Crippen molar-refractivity contribution in [1.29, 1.82) is 0 Å². The molecule has 0 aliphatic carbocycles. The number of benzene rings is 4. The maximum atomic E-state index is 14.5. The molecule has 3 aliphatic rings. The van der Waals surface area contributed by atoms with Crippen LogP contribution in [-0.4, -0.2) is 53.6 Å². The quantitative estimate of drug-likeness (QED) is 0.269. The fourth-order valence-corrected chi connectivity index (χ4v) is 7.21. The fraction of sp³-hybridized carbons (Fsp3) is 0.289.